The predicted octanol–water partition coefficient (Wildman–Crippen LogP) is 0.774. The SMILES string of the molecule is O=c1[nH]c(N2CCC[C@H]2Cn2ccnc2)ncc1F. The molecule has 1 aliphatic rings. The zero-order chi connectivity index (χ0) is 13.2. The van der Waals surface area contributed by atoms with Crippen molar-refractivity contribution in [1.29, 1.82) is 0 Å². The Hall–Kier alpha value is -2.18. The standard InChI is InChI=1S/C12H14FN5O/c13-10-6-15-12(16-11(10)19)18-4-1-2-9(18)7-17-5-3-14-8-17/h3,5-6,8-9H,1-2,4,7H2,(H,15,16,19)/t9-/m0/s1. The summed E-state index contributed by atoms with van der Waals surface area (Å²) in [6.07, 6.45) is 8.41. The Kier molecular flexibility index (Phi) is 3.02. The molecule has 0 aromatic carbocycles. The third kappa shape index (κ3) is 2.35. The lowest BCUT2D eigenvalue weighted by Gasteiger charge is -2.25. The van der Waals surface area contributed by atoms with Gasteiger partial charge in [0, 0.05) is 31.5 Å². The van der Waals surface area contributed by atoms with E-state index in [2.05, 4.69) is 15.0 Å². The minimum absolute atomic E-state index is 0.239. The molecule has 3 rings (SSSR count). The third-order valence-electron chi connectivity index (χ3n) is 3.37. The topological polar surface area (TPSA) is 66.8 Å². The maximum Gasteiger partial charge on any atom is 0.288 e. The van der Waals surface area contributed by atoms with Crippen LogP contribution in [-0.4, -0.2) is 32.1 Å². The fraction of sp³-hybridized carbons (Fsp3) is 0.417. The summed E-state index contributed by atoms with van der Waals surface area (Å²) < 4.78 is 14.9. The van der Waals surface area contributed by atoms with E-state index in [4.69, 9.17) is 0 Å². The Morgan fingerprint density at radius 1 is 1.53 bits per heavy atom. The number of halogens is 1. The van der Waals surface area contributed by atoms with Gasteiger partial charge in [-0.2, -0.15) is 4.39 Å². The highest BCUT2D eigenvalue weighted by Crippen LogP contribution is 2.22. The Balaban J connectivity index is 1.82. The van der Waals surface area contributed by atoms with Crippen molar-refractivity contribution < 1.29 is 4.39 Å². The first-order valence-corrected chi connectivity index (χ1v) is 6.21. The number of anilines is 1. The van der Waals surface area contributed by atoms with Gasteiger partial charge in [-0.1, -0.05) is 0 Å². The van der Waals surface area contributed by atoms with Crippen LogP contribution in [0.4, 0.5) is 10.3 Å². The van der Waals surface area contributed by atoms with Crippen LogP contribution in [0.25, 0.3) is 0 Å². The fourth-order valence-corrected chi connectivity index (χ4v) is 2.46. The molecule has 0 radical (unpaired) electrons. The molecule has 0 bridgehead atoms. The van der Waals surface area contributed by atoms with E-state index in [1.807, 2.05) is 15.7 Å². The Bertz CT molecular complexity index is 609. The summed E-state index contributed by atoms with van der Waals surface area (Å²) >= 11 is 0. The Morgan fingerprint density at radius 3 is 3.16 bits per heavy atom. The van der Waals surface area contributed by atoms with Gasteiger partial charge in [-0.25, -0.2) is 9.97 Å². The second-order valence-corrected chi connectivity index (χ2v) is 4.63. The van der Waals surface area contributed by atoms with Crippen molar-refractivity contribution in [2.24, 2.45) is 0 Å². The molecule has 3 heterocycles. The molecule has 1 atom stereocenters. The lowest BCUT2D eigenvalue weighted by Crippen LogP contribution is -2.35. The lowest BCUT2D eigenvalue weighted by atomic mass is 10.2. The van der Waals surface area contributed by atoms with E-state index in [-0.39, 0.29) is 6.04 Å². The van der Waals surface area contributed by atoms with Gasteiger partial charge in [0.1, 0.15) is 0 Å². The molecule has 0 unspecified atom stereocenters. The Labute approximate surface area is 108 Å². The predicted molar refractivity (Wildman–Crippen MR) is 67.4 cm³/mol. The highest BCUT2D eigenvalue weighted by molar-refractivity contribution is 5.32. The van der Waals surface area contributed by atoms with Gasteiger partial charge in [-0.15, -0.1) is 0 Å². The molecular weight excluding hydrogens is 249 g/mol. The highest BCUT2D eigenvalue weighted by atomic mass is 19.1. The van der Waals surface area contributed by atoms with Gasteiger partial charge >= 0.3 is 0 Å². The summed E-state index contributed by atoms with van der Waals surface area (Å²) in [6, 6.07) is 0.239. The van der Waals surface area contributed by atoms with Crippen LogP contribution in [0.15, 0.2) is 29.7 Å². The monoisotopic (exact) mass is 263 g/mol. The Morgan fingerprint density at radius 2 is 2.42 bits per heavy atom. The smallest absolute Gasteiger partial charge is 0.288 e. The second kappa shape index (κ2) is 4.83. The van der Waals surface area contributed by atoms with Gasteiger partial charge in [-0.3, -0.25) is 9.78 Å². The van der Waals surface area contributed by atoms with Crippen molar-refractivity contribution in [3.63, 3.8) is 0 Å². The summed E-state index contributed by atoms with van der Waals surface area (Å²) in [4.78, 5) is 23.8. The molecule has 0 spiro atoms. The minimum Gasteiger partial charge on any atom is -0.338 e. The largest absolute Gasteiger partial charge is 0.338 e. The fourth-order valence-electron chi connectivity index (χ4n) is 2.46. The van der Waals surface area contributed by atoms with Crippen molar-refractivity contribution >= 4 is 5.95 Å². The number of H-pyrrole nitrogens is 1. The second-order valence-electron chi connectivity index (χ2n) is 4.63. The maximum absolute atomic E-state index is 13.0. The third-order valence-corrected chi connectivity index (χ3v) is 3.37. The zero-order valence-electron chi connectivity index (χ0n) is 10.3. The summed E-state index contributed by atoms with van der Waals surface area (Å²) in [5.41, 5.74) is -0.724. The van der Waals surface area contributed by atoms with Crippen LogP contribution in [0.5, 0.6) is 0 Å². The first kappa shape index (κ1) is 11.9. The van der Waals surface area contributed by atoms with Crippen molar-refractivity contribution in [3.8, 4) is 0 Å². The van der Waals surface area contributed by atoms with E-state index in [0.717, 1.165) is 32.1 Å². The highest BCUT2D eigenvalue weighted by Gasteiger charge is 2.26. The van der Waals surface area contributed by atoms with Crippen LogP contribution in [0.2, 0.25) is 0 Å². The van der Waals surface area contributed by atoms with Crippen molar-refractivity contribution in [3.05, 3.63) is 41.1 Å². The molecule has 6 nitrogen and oxygen atoms in total. The van der Waals surface area contributed by atoms with Crippen LogP contribution in [0.3, 0.4) is 0 Å². The van der Waals surface area contributed by atoms with Gasteiger partial charge in [0.25, 0.3) is 5.56 Å². The van der Waals surface area contributed by atoms with Crippen LogP contribution >= 0.6 is 0 Å². The number of nitrogens with one attached hydrogen (secondary N) is 1. The molecular formula is C12H14FN5O. The number of aromatic amines is 1. The lowest BCUT2D eigenvalue weighted by molar-refractivity contribution is 0.539. The first-order valence-electron chi connectivity index (χ1n) is 6.21. The molecule has 100 valence electrons. The molecule has 0 amide bonds. The average Bonchev–Trinajstić information content (AvgIpc) is 3.05. The number of imidazole rings is 1. The number of hydrogen-bond donors (Lipinski definition) is 1. The summed E-state index contributed by atoms with van der Waals surface area (Å²) in [7, 11) is 0. The van der Waals surface area contributed by atoms with Gasteiger partial charge < -0.3 is 9.47 Å². The molecule has 0 aliphatic carbocycles. The molecule has 7 heteroatoms. The number of nitrogens with zero attached hydrogens (tertiary/aromatic N) is 4. The van der Waals surface area contributed by atoms with E-state index in [9.17, 15) is 9.18 Å². The van der Waals surface area contributed by atoms with Gasteiger partial charge in [-0.05, 0) is 12.8 Å². The van der Waals surface area contributed by atoms with Gasteiger partial charge in [0.2, 0.25) is 11.8 Å². The number of hydrogen-bond acceptors (Lipinski definition) is 4. The molecule has 0 saturated carbocycles. The summed E-state index contributed by atoms with van der Waals surface area (Å²) in [5.74, 6) is -0.414. The molecule has 1 saturated heterocycles. The van der Waals surface area contributed by atoms with Crippen LogP contribution in [0.1, 0.15) is 12.8 Å². The average molecular weight is 263 g/mol. The van der Waals surface area contributed by atoms with Crippen molar-refractivity contribution in [2.75, 3.05) is 11.4 Å². The zero-order valence-corrected chi connectivity index (χ0v) is 10.3. The number of aromatic nitrogens is 4. The molecule has 1 fully saturated rings. The normalized spacial score (nSPS) is 19.0. The van der Waals surface area contributed by atoms with Crippen molar-refractivity contribution in [2.45, 2.75) is 25.4 Å². The first-order chi connectivity index (χ1) is 9.24. The van der Waals surface area contributed by atoms with Gasteiger partial charge in [0.05, 0.1) is 12.5 Å². The molecule has 19 heavy (non-hydrogen) atoms. The van der Waals surface area contributed by atoms with E-state index in [0.29, 0.717) is 5.95 Å². The van der Waals surface area contributed by atoms with Gasteiger partial charge in [0.15, 0.2) is 0 Å². The van der Waals surface area contributed by atoms with Crippen LogP contribution in [-0.2, 0) is 6.54 Å². The van der Waals surface area contributed by atoms with E-state index >= 15 is 0 Å². The molecule has 2 aromatic heterocycles. The molecule has 1 aliphatic heterocycles. The minimum atomic E-state index is -0.853. The quantitative estimate of drug-likeness (QED) is 0.888. The maximum atomic E-state index is 13.0. The van der Waals surface area contributed by atoms with Crippen LogP contribution in [0, 0.1) is 5.82 Å². The summed E-state index contributed by atoms with van der Waals surface area (Å²) in [5, 5.41) is 0. The molecule has 1 N–H and O–H groups in total. The van der Waals surface area contributed by atoms with E-state index < -0.39 is 11.4 Å². The molecule has 2 aromatic rings. The van der Waals surface area contributed by atoms with E-state index in [1.54, 1.807) is 12.5 Å². The summed E-state index contributed by atoms with van der Waals surface area (Å²) in [6.45, 7) is 1.59. The number of rotatable bonds is 3. The van der Waals surface area contributed by atoms with Crippen LogP contribution < -0.4 is 10.5 Å². The van der Waals surface area contributed by atoms with Crippen molar-refractivity contribution in [1.82, 2.24) is 19.5 Å². The van der Waals surface area contributed by atoms with E-state index in [1.165, 1.54) is 0 Å².